The number of likely N-dealkylation sites (tertiary alicyclic amines) is 1. The molecule has 1 aromatic rings. The van der Waals surface area contributed by atoms with E-state index in [0.717, 1.165) is 38.2 Å². The average molecular weight is 248 g/mol. The maximum atomic E-state index is 10.7. The number of rotatable bonds is 4. The fourth-order valence-electron chi connectivity index (χ4n) is 2.49. The molecular formula is C14H20N2O2. The van der Waals surface area contributed by atoms with Crippen LogP contribution >= 0.6 is 0 Å². The van der Waals surface area contributed by atoms with Crippen LogP contribution in [0.1, 0.15) is 30.5 Å². The zero-order valence-corrected chi connectivity index (χ0v) is 10.8. The van der Waals surface area contributed by atoms with Crippen molar-refractivity contribution in [2.24, 2.45) is 5.92 Å². The standard InChI is InChI=1S/C14H20N2O2/c1-11-3-2-6-15-13(11)10-16-7-4-12(5-8-16)9-14(17)18/h2-3,6,12H,4-5,7-10H2,1H3,(H,17,18). The summed E-state index contributed by atoms with van der Waals surface area (Å²) in [5, 5.41) is 8.78. The molecule has 1 N–H and O–H groups in total. The summed E-state index contributed by atoms with van der Waals surface area (Å²) < 4.78 is 0. The molecule has 0 saturated carbocycles. The lowest BCUT2D eigenvalue weighted by Gasteiger charge is -2.31. The van der Waals surface area contributed by atoms with E-state index in [1.165, 1.54) is 5.56 Å². The molecule has 0 unspecified atom stereocenters. The van der Waals surface area contributed by atoms with Gasteiger partial charge in [-0.25, -0.2) is 0 Å². The molecule has 2 rings (SSSR count). The summed E-state index contributed by atoms with van der Waals surface area (Å²) in [4.78, 5) is 17.4. The first kappa shape index (κ1) is 13.0. The van der Waals surface area contributed by atoms with E-state index in [4.69, 9.17) is 5.11 Å². The van der Waals surface area contributed by atoms with Gasteiger partial charge in [0.15, 0.2) is 0 Å². The fraction of sp³-hybridized carbons (Fsp3) is 0.571. The van der Waals surface area contributed by atoms with Crippen LogP contribution in [0.4, 0.5) is 0 Å². The SMILES string of the molecule is Cc1cccnc1CN1CCC(CC(=O)O)CC1. The average Bonchev–Trinajstić information content (AvgIpc) is 2.34. The van der Waals surface area contributed by atoms with E-state index in [0.29, 0.717) is 12.3 Å². The number of nitrogens with zero attached hydrogens (tertiary/aromatic N) is 2. The summed E-state index contributed by atoms with van der Waals surface area (Å²) in [6.45, 7) is 4.92. The number of pyridine rings is 1. The normalized spacial score (nSPS) is 17.8. The van der Waals surface area contributed by atoms with E-state index in [1.807, 2.05) is 12.3 Å². The molecule has 98 valence electrons. The van der Waals surface area contributed by atoms with Gasteiger partial charge in [0.2, 0.25) is 0 Å². The number of carboxylic acids is 1. The van der Waals surface area contributed by atoms with E-state index in [9.17, 15) is 4.79 Å². The summed E-state index contributed by atoms with van der Waals surface area (Å²) in [6.07, 6.45) is 4.12. The number of hydrogen-bond acceptors (Lipinski definition) is 3. The van der Waals surface area contributed by atoms with Crippen LogP contribution in [-0.4, -0.2) is 34.0 Å². The van der Waals surface area contributed by atoms with E-state index >= 15 is 0 Å². The van der Waals surface area contributed by atoms with E-state index in [2.05, 4.69) is 22.9 Å². The Balaban J connectivity index is 1.84. The molecule has 0 spiro atoms. The Morgan fingerprint density at radius 2 is 2.22 bits per heavy atom. The molecule has 0 atom stereocenters. The van der Waals surface area contributed by atoms with Crippen LogP contribution in [0.15, 0.2) is 18.3 Å². The second-order valence-electron chi connectivity index (χ2n) is 5.08. The van der Waals surface area contributed by atoms with Gasteiger partial charge in [0, 0.05) is 19.2 Å². The Hall–Kier alpha value is -1.42. The number of carbonyl (C=O) groups is 1. The van der Waals surface area contributed by atoms with Gasteiger partial charge in [-0.3, -0.25) is 14.7 Å². The van der Waals surface area contributed by atoms with Crippen molar-refractivity contribution in [3.63, 3.8) is 0 Å². The third kappa shape index (κ3) is 3.53. The van der Waals surface area contributed by atoms with Crippen molar-refractivity contribution in [1.29, 1.82) is 0 Å². The predicted molar refractivity (Wildman–Crippen MR) is 69.2 cm³/mol. The highest BCUT2D eigenvalue weighted by Crippen LogP contribution is 2.21. The molecule has 0 aliphatic carbocycles. The fourth-order valence-corrected chi connectivity index (χ4v) is 2.49. The van der Waals surface area contributed by atoms with Crippen LogP contribution in [0.25, 0.3) is 0 Å². The smallest absolute Gasteiger partial charge is 0.303 e. The Labute approximate surface area is 108 Å². The molecule has 1 aliphatic rings. The molecule has 18 heavy (non-hydrogen) atoms. The quantitative estimate of drug-likeness (QED) is 0.886. The number of aliphatic carboxylic acids is 1. The molecule has 4 nitrogen and oxygen atoms in total. The molecule has 0 bridgehead atoms. The van der Waals surface area contributed by atoms with Crippen molar-refractivity contribution in [3.05, 3.63) is 29.6 Å². The van der Waals surface area contributed by atoms with Crippen LogP contribution in [0.2, 0.25) is 0 Å². The van der Waals surface area contributed by atoms with Crippen molar-refractivity contribution < 1.29 is 9.90 Å². The first-order valence-electron chi connectivity index (χ1n) is 6.50. The lowest BCUT2D eigenvalue weighted by Crippen LogP contribution is -2.34. The molecular weight excluding hydrogens is 228 g/mol. The number of aromatic nitrogens is 1. The Bertz CT molecular complexity index is 412. The molecule has 1 aliphatic heterocycles. The number of piperidine rings is 1. The second-order valence-corrected chi connectivity index (χ2v) is 5.08. The minimum Gasteiger partial charge on any atom is -0.481 e. The van der Waals surface area contributed by atoms with Crippen molar-refractivity contribution in [2.75, 3.05) is 13.1 Å². The van der Waals surface area contributed by atoms with Gasteiger partial charge >= 0.3 is 5.97 Å². The second kappa shape index (κ2) is 5.96. The minimum absolute atomic E-state index is 0.316. The monoisotopic (exact) mass is 248 g/mol. The number of aryl methyl sites for hydroxylation is 1. The van der Waals surface area contributed by atoms with Gasteiger partial charge in [-0.05, 0) is 50.4 Å². The van der Waals surface area contributed by atoms with Gasteiger partial charge in [0.05, 0.1) is 5.69 Å². The van der Waals surface area contributed by atoms with E-state index in [-0.39, 0.29) is 0 Å². The van der Waals surface area contributed by atoms with Crippen LogP contribution in [0, 0.1) is 12.8 Å². The molecule has 1 fully saturated rings. The Morgan fingerprint density at radius 3 is 2.83 bits per heavy atom. The van der Waals surface area contributed by atoms with Crippen LogP contribution in [0.3, 0.4) is 0 Å². The summed E-state index contributed by atoms with van der Waals surface area (Å²) in [7, 11) is 0. The summed E-state index contributed by atoms with van der Waals surface area (Å²) >= 11 is 0. The maximum absolute atomic E-state index is 10.7. The van der Waals surface area contributed by atoms with E-state index < -0.39 is 5.97 Å². The zero-order valence-electron chi connectivity index (χ0n) is 10.8. The minimum atomic E-state index is -0.672. The summed E-state index contributed by atoms with van der Waals surface area (Å²) in [5.74, 6) is -0.322. The third-order valence-electron chi connectivity index (χ3n) is 3.66. The lowest BCUT2D eigenvalue weighted by atomic mass is 9.93. The highest BCUT2D eigenvalue weighted by molar-refractivity contribution is 5.67. The maximum Gasteiger partial charge on any atom is 0.303 e. The van der Waals surface area contributed by atoms with Gasteiger partial charge in [0.1, 0.15) is 0 Å². The van der Waals surface area contributed by atoms with Gasteiger partial charge in [-0.2, -0.15) is 0 Å². The molecule has 2 heterocycles. The van der Waals surface area contributed by atoms with Gasteiger partial charge < -0.3 is 5.11 Å². The molecule has 0 amide bonds. The molecule has 4 heteroatoms. The summed E-state index contributed by atoms with van der Waals surface area (Å²) in [6, 6.07) is 4.04. The van der Waals surface area contributed by atoms with Crippen LogP contribution in [-0.2, 0) is 11.3 Å². The Kier molecular flexibility index (Phi) is 4.31. The zero-order chi connectivity index (χ0) is 13.0. The molecule has 1 aromatic heterocycles. The molecule has 0 aromatic carbocycles. The highest BCUT2D eigenvalue weighted by Gasteiger charge is 2.21. The molecule has 0 radical (unpaired) electrons. The number of carboxylic acid groups (broad SMARTS) is 1. The van der Waals surface area contributed by atoms with Crippen molar-refractivity contribution in [1.82, 2.24) is 9.88 Å². The largest absolute Gasteiger partial charge is 0.481 e. The predicted octanol–water partition coefficient (Wildman–Crippen LogP) is 2.08. The van der Waals surface area contributed by atoms with Crippen molar-refractivity contribution in [2.45, 2.75) is 32.7 Å². The lowest BCUT2D eigenvalue weighted by molar-refractivity contribution is -0.138. The van der Waals surface area contributed by atoms with Gasteiger partial charge in [0.25, 0.3) is 0 Å². The van der Waals surface area contributed by atoms with Crippen molar-refractivity contribution >= 4 is 5.97 Å². The topological polar surface area (TPSA) is 53.4 Å². The van der Waals surface area contributed by atoms with Crippen LogP contribution in [0.5, 0.6) is 0 Å². The summed E-state index contributed by atoms with van der Waals surface area (Å²) in [5.41, 5.74) is 2.36. The first-order valence-corrected chi connectivity index (χ1v) is 6.50. The van der Waals surface area contributed by atoms with Gasteiger partial charge in [-0.1, -0.05) is 6.07 Å². The van der Waals surface area contributed by atoms with Gasteiger partial charge in [-0.15, -0.1) is 0 Å². The number of hydrogen-bond donors (Lipinski definition) is 1. The molecule has 1 saturated heterocycles. The van der Waals surface area contributed by atoms with Crippen molar-refractivity contribution in [3.8, 4) is 0 Å². The van der Waals surface area contributed by atoms with E-state index in [1.54, 1.807) is 0 Å². The highest BCUT2D eigenvalue weighted by atomic mass is 16.4. The third-order valence-corrected chi connectivity index (χ3v) is 3.66. The Morgan fingerprint density at radius 1 is 1.50 bits per heavy atom. The first-order chi connectivity index (χ1) is 8.65. The van der Waals surface area contributed by atoms with Crippen LogP contribution < -0.4 is 0 Å².